The predicted molar refractivity (Wildman–Crippen MR) is 108 cm³/mol. The van der Waals surface area contributed by atoms with Crippen LogP contribution in [0.5, 0.6) is 0 Å². The number of amidine groups is 1. The second kappa shape index (κ2) is 7.09. The molecule has 1 amide bonds. The molecule has 2 aliphatic heterocycles. The number of halogens is 1. The van der Waals surface area contributed by atoms with Gasteiger partial charge in [-0.3, -0.25) is 15.1 Å². The molecule has 1 atom stereocenters. The number of carbonyl (C=O) groups is 1. The fourth-order valence-corrected chi connectivity index (χ4v) is 3.92. The lowest BCUT2D eigenvalue weighted by atomic mass is 10.1. The molecule has 1 unspecified atom stereocenters. The lowest BCUT2D eigenvalue weighted by molar-refractivity contribution is -0.116. The standard InChI is InChI=1S/C19H15BrN4OS/c1-2-10-26-19-22-18(25)16-14-8-3-4-9-15(14)21-17(24(16)23-19)12-6-5-7-13(20)11-12/h2-9,11,17H,1,10H2,(H,22,23,25). The number of hydrogen-bond donors (Lipinski definition) is 1. The van der Waals surface area contributed by atoms with Crippen molar-refractivity contribution >= 4 is 44.5 Å². The van der Waals surface area contributed by atoms with Crippen LogP contribution in [-0.4, -0.2) is 21.8 Å². The van der Waals surface area contributed by atoms with Crippen LogP contribution < -0.4 is 15.9 Å². The Hall–Kier alpha value is -2.38. The van der Waals surface area contributed by atoms with Crippen LogP contribution in [0, 0.1) is 0 Å². The van der Waals surface area contributed by atoms with Crippen molar-refractivity contribution < 1.29 is 4.79 Å². The quantitative estimate of drug-likeness (QED) is 0.767. The van der Waals surface area contributed by atoms with Crippen molar-refractivity contribution in [2.75, 3.05) is 5.75 Å². The van der Waals surface area contributed by atoms with E-state index in [9.17, 15) is 4.79 Å². The van der Waals surface area contributed by atoms with Crippen LogP contribution in [0.4, 0.5) is 0 Å². The topological polar surface area (TPSA) is 57.1 Å². The molecule has 0 fully saturated rings. The van der Waals surface area contributed by atoms with Crippen LogP contribution >= 0.6 is 27.7 Å². The van der Waals surface area contributed by atoms with Gasteiger partial charge in [0, 0.05) is 15.4 Å². The fourth-order valence-electron chi connectivity index (χ4n) is 2.91. The molecule has 7 heteroatoms. The summed E-state index contributed by atoms with van der Waals surface area (Å²) >= 11 is 4.94. The molecule has 0 spiro atoms. The summed E-state index contributed by atoms with van der Waals surface area (Å²) in [5, 5.41) is 11.4. The zero-order valence-corrected chi connectivity index (χ0v) is 16.1. The second-order valence-electron chi connectivity index (χ2n) is 5.73. The second-order valence-corrected chi connectivity index (χ2v) is 7.65. The Morgan fingerprint density at radius 3 is 2.92 bits per heavy atom. The summed E-state index contributed by atoms with van der Waals surface area (Å²) in [5.74, 6) is 0.492. The first-order valence-electron chi connectivity index (χ1n) is 8.03. The van der Waals surface area contributed by atoms with Crippen molar-refractivity contribution in [1.82, 2.24) is 10.3 Å². The number of para-hydroxylation sites is 1. The Labute approximate surface area is 163 Å². The van der Waals surface area contributed by atoms with E-state index in [0.29, 0.717) is 16.6 Å². The third kappa shape index (κ3) is 3.08. The van der Waals surface area contributed by atoms with Crippen LogP contribution in [0.1, 0.15) is 11.7 Å². The summed E-state index contributed by atoms with van der Waals surface area (Å²) in [6.07, 6.45) is 1.38. The Bertz CT molecular complexity index is 1050. The Morgan fingerprint density at radius 1 is 1.27 bits per heavy atom. The van der Waals surface area contributed by atoms with E-state index in [2.05, 4.69) is 32.9 Å². The largest absolute Gasteiger partial charge is 0.298 e. The molecule has 0 saturated carbocycles. The number of amides is 1. The number of hydrogen-bond acceptors (Lipinski definition) is 5. The summed E-state index contributed by atoms with van der Waals surface area (Å²) in [6.45, 7) is 3.72. The van der Waals surface area contributed by atoms with Gasteiger partial charge >= 0.3 is 0 Å². The molecule has 130 valence electrons. The van der Waals surface area contributed by atoms with Crippen molar-refractivity contribution in [2.45, 2.75) is 6.17 Å². The van der Waals surface area contributed by atoms with Gasteiger partial charge < -0.3 is 0 Å². The molecule has 0 aliphatic carbocycles. The molecule has 2 aromatic rings. The van der Waals surface area contributed by atoms with Gasteiger partial charge in [0.1, 0.15) is 5.70 Å². The van der Waals surface area contributed by atoms with E-state index < -0.39 is 6.17 Å². The van der Waals surface area contributed by atoms with Crippen LogP contribution in [0.15, 0.2) is 75.8 Å². The summed E-state index contributed by atoms with van der Waals surface area (Å²) in [4.78, 5) is 17.7. The highest BCUT2D eigenvalue weighted by molar-refractivity contribution is 9.10. The van der Waals surface area contributed by atoms with Gasteiger partial charge in [-0.25, -0.2) is 5.01 Å². The molecule has 2 aromatic carbocycles. The number of nitrogens with zero attached hydrogens (tertiary/aromatic N) is 3. The summed E-state index contributed by atoms with van der Waals surface area (Å²) in [6, 6.07) is 15.5. The van der Waals surface area contributed by atoms with Gasteiger partial charge in [0.25, 0.3) is 5.91 Å². The maximum atomic E-state index is 12.8. The minimum Gasteiger partial charge on any atom is -0.298 e. The normalized spacial score (nSPS) is 18.3. The fraction of sp³-hybridized carbons (Fsp3) is 0.105. The van der Waals surface area contributed by atoms with Gasteiger partial charge in [-0.2, -0.15) is 0 Å². The van der Waals surface area contributed by atoms with E-state index in [1.165, 1.54) is 11.8 Å². The molecular formula is C19H15BrN4OS. The van der Waals surface area contributed by atoms with Crippen molar-refractivity contribution in [3.8, 4) is 0 Å². The van der Waals surface area contributed by atoms with Gasteiger partial charge in [0.15, 0.2) is 11.3 Å². The maximum absolute atomic E-state index is 12.8. The number of carbonyl (C=O) groups excluding carboxylic acids is 1. The predicted octanol–water partition coefficient (Wildman–Crippen LogP) is 2.51. The molecule has 0 aromatic heterocycles. The molecule has 2 heterocycles. The van der Waals surface area contributed by atoms with Crippen LogP contribution in [0.25, 0.3) is 5.70 Å². The first kappa shape index (κ1) is 17.1. The summed E-state index contributed by atoms with van der Waals surface area (Å²) < 4.78 is 0.956. The maximum Gasteiger partial charge on any atom is 0.276 e. The van der Waals surface area contributed by atoms with E-state index in [0.717, 1.165) is 20.6 Å². The van der Waals surface area contributed by atoms with Crippen molar-refractivity contribution in [1.29, 1.82) is 0 Å². The SMILES string of the molecule is C=CCSC1=NN2C(=c3ccccc3=NC2c2cccc(Br)c2)C(=O)N1. The number of fused-ring (bicyclic) bond motifs is 2. The minimum absolute atomic E-state index is 0.172. The van der Waals surface area contributed by atoms with Gasteiger partial charge in [0.05, 0.1) is 5.36 Å². The summed E-state index contributed by atoms with van der Waals surface area (Å²) in [5.41, 5.74) is 1.47. The first-order valence-corrected chi connectivity index (χ1v) is 9.81. The zero-order valence-electron chi connectivity index (χ0n) is 13.7. The molecule has 0 radical (unpaired) electrons. The molecule has 5 nitrogen and oxygen atoms in total. The number of hydrazone groups is 1. The number of nitrogens with one attached hydrogen (secondary N) is 1. The minimum atomic E-state index is -0.400. The average molecular weight is 427 g/mol. The van der Waals surface area contributed by atoms with Gasteiger partial charge in [-0.1, -0.05) is 64.1 Å². The summed E-state index contributed by atoms with van der Waals surface area (Å²) in [7, 11) is 0. The van der Waals surface area contributed by atoms with Gasteiger partial charge in [-0.05, 0) is 23.8 Å². The molecule has 4 rings (SSSR count). The number of benzene rings is 2. The molecule has 0 bridgehead atoms. The number of rotatable bonds is 3. The molecule has 1 N–H and O–H groups in total. The Kier molecular flexibility index (Phi) is 4.65. The Balaban J connectivity index is 1.92. The van der Waals surface area contributed by atoms with Crippen LogP contribution in [0.2, 0.25) is 0 Å². The molecule has 0 saturated heterocycles. The molecule has 26 heavy (non-hydrogen) atoms. The molecule has 2 aliphatic rings. The Morgan fingerprint density at radius 2 is 2.12 bits per heavy atom. The van der Waals surface area contributed by atoms with E-state index >= 15 is 0 Å². The van der Waals surface area contributed by atoms with E-state index in [1.807, 2.05) is 48.5 Å². The average Bonchev–Trinajstić information content (AvgIpc) is 2.65. The molecular weight excluding hydrogens is 412 g/mol. The van der Waals surface area contributed by atoms with E-state index in [1.54, 1.807) is 11.1 Å². The van der Waals surface area contributed by atoms with Crippen molar-refractivity contribution in [3.63, 3.8) is 0 Å². The van der Waals surface area contributed by atoms with Crippen LogP contribution in [0.3, 0.4) is 0 Å². The highest BCUT2D eigenvalue weighted by Crippen LogP contribution is 2.31. The van der Waals surface area contributed by atoms with Gasteiger partial charge in [-0.15, -0.1) is 11.7 Å². The third-order valence-corrected chi connectivity index (χ3v) is 5.35. The number of thioether (sulfide) groups is 1. The monoisotopic (exact) mass is 426 g/mol. The van der Waals surface area contributed by atoms with Crippen molar-refractivity contribution in [3.05, 3.63) is 81.8 Å². The smallest absolute Gasteiger partial charge is 0.276 e. The third-order valence-electron chi connectivity index (χ3n) is 4.00. The lowest BCUT2D eigenvalue weighted by Gasteiger charge is -2.34. The highest BCUT2D eigenvalue weighted by atomic mass is 79.9. The lowest BCUT2D eigenvalue weighted by Crippen LogP contribution is -2.50. The first-order chi connectivity index (χ1) is 12.7. The van der Waals surface area contributed by atoms with Gasteiger partial charge in [0.2, 0.25) is 0 Å². The van der Waals surface area contributed by atoms with Crippen LogP contribution in [-0.2, 0) is 4.79 Å². The van der Waals surface area contributed by atoms with E-state index in [-0.39, 0.29) is 5.91 Å². The van der Waals surface area contributed by atoms with E-state index in [4.69, 9.17) is 4.99 Å². The van der Waals surface area contributed by atoms with Crippen molar-refractivity contribution in [2.24, 2.45) is 10.1 Å². The zero-order chi connectivity index (χ0) is 18.1. The highest BCUT2D eigenvalue weighted by Gasteiger charge is 2.34.